The Morgan fingerprint density at radius 1 is 1.35 bits per heavy atom. The molecule has 1 aliphatic carbocycles. The zero-order valence-corrected chi connectivity index (χ0v) is 10.8. The van der Waals surface area contributed by atoms with Crippen LogP contribution in [0, 0.1) is 12.7 Å². The standard InChI is InChI=1S/C15H22FN/c1-3-17-13-6-4-5-12(10-13)14-9-11(2)7-8-15(14)16/h7-9,12-13,17H,3-6,10H2,1-2H3. The third-order valence-corrected chi connectivity index (χ3v) is 3.76. The monoisotopic (exact) mass is 235 g/mol. The van der Waals surface area contributed by atoms with Gasteiger partial charge in [-0.3, -0.25) is 0 Å². The van der Waals surface area contributed by atoms with E-state index < -0.39 is 0 Å². The Labute approximate surface area is 103 Å². The van der Waals surface area contributed by atoms with E-state index >= 15 is 0 Å². The van der Waals surface area contributed by atoms with Crippen LogP contribution < -0.4 is 5.32 Å². The van der Waals surface area contributed by atoms with Crippen LogP contribution in [0.1, 0.15) is 49.7 Å². The molecule has 2 unspecified atom stereocenters. The molecule has 1 aromatic rings. The van der Waals surface area contributed by atoms with E-state index in [2.05, 4.69) is 12.2 Å². The first-order valence-corrected chi connectivity index (χ1v) is 6.70. The average molecular weight is 235 g/mol. The highest BCUT2D eigenvalue weighted by molar-refractivity contribution is 5.27. The highest BCUT2D eigenvalue weighted by Crippen LogP contribution is 2.34. The molecule has 0 spiro atoms. The Morgan fingerprint density at radius 3 is 2.94 bits per heavy atom. The van der Waals surface area contributed by atoms with Crippen LogP contribution in [0.5, 0.6) is 0 Å². The fraction of sp³-hybridized carbons (Fsp3) is 0.600. The van der Waals surface area contributed by atoms with Crippen molar-refractivity contribution < 1.29 is 4.39 Å². The normalized spacial score (nSPS) is 24.9. The molecule has 0 radical (unpaired) electrons. The topological polar surface area (TPSA) is 12.0 Å². The van der Waals surface area contributed by atoms with Gasteiger partial charge in [-0.2, -0.15) is 0 Å². The molecule has 0 amide bonds. The van der Waals surface area contributed by atoms with Crippen LogP contribution in [0.4, 0.5) is 4.39 Å². The van der Waals surface area contributed by atoms with Crippen molar-refractivity contribution in [3.8, 4) is 0 Å². The van der Waals surface area contributed by atoms with Gasteiger partial charge in [-0.15, -0.1) is 0 Å². The van der Waals surface area contributed by atoms with E-state index in [0.717, 1.165) is 30.5 Å². The van der Waals surface area contributed by atoms with Crippen LogP contribution in [-0.4, -0.2) is 12.6 Å². The van der Waals surface area contributed by atoms with Crippen molar-refractivity contribution in [2.45, 2.75) is 51.5 Å². The second-order valence-corrected chi connectivity index (χ2v) is 5.14. The average Bonchev–Trinajstić information content (AvgIpc) is 2.33. The summed E-state index contributed by atoms with van der Waals surface area (Å²) in [7, 11) is 0. The van der Waals surface area contributed by atoms with Gasteiger partial charge in [0.05, 0.1) is 0 Å². The predicted octanol–water partition coefficient (Wildman–Crippen LogP) is 3.77. The number of nitrogens with one attached hydrogen (secondary N) is 1. The van der Waals surface area contributed by atoms with Crippen molar-refractivity contribution in [3.05, 3.63) is 35.1 Å². The lowest BCUT2D eigenvalue weighted by molar-refractivity contribution is 0.339. The molecule has 0 aromatic heterocycles. The minimum Gasteiger partial charge on any atom is -0.314 e. The third-order valence-electron chi connectivity index (χ3n) is 3.76. The van der Waals surface area contributed by atoms with Crippen LogP contribution in [0.15, 0.2) is 18.2 Å². The second-order valence-electron chi connectivity index (χ2n) is 5.14. The van der Waals surface area contributed by atoms with Crippen LogP contribution in [0.3, 0.4) is 0 Å². The molecule has 2 atom stereocenters. The van der Waals surface area contributed by atoms with Gasteiger partial charge in [-0.05, 0) is 50.3 Å². The highest BCUT2D eigenvalue weighted by Gasteiger charge is 2.24. The van der Waals surface area contributed by atoms with E-state index in [1.165, 1.54) is 12.8 Å². The Balaban J connectivity index is 2.13. The van der Waals surface area contributed by atoms with Gasteiger partial charge < -0.3 is 5.32 Å². The summed E-state index contributed by atoms with van der Waals surface area (Å²) in [6.07, 6.45) is 4.64. The fourth-order valence-electron chi connectivity index (χ4n) is 2.92. The van der Waals surface area contributed by atoms with Crippen LogP contribution in [0.2, 0.25) is 0 Å². The summed E-state index contributed by atoms with van der Waals surface area (Å²) in [5.74, 6) is 0.366. The largest absolute Gasteiger partial charge is 0.314 e. The van der Waals surface area contributed by atoms with E-state index in [4.69, 9.17) is 0 Å². The third kappa shape index (κ3) is 3.06. The second kappa shape index (κ2) is 5.63. The summed E-state index contributed by atoms with van der Waals surface area (Å²) >= 11 is 0. The molecule has 1 aromatic carbocycles. The van der Waals surface area contributed by atoms with Crippen molar-refractivity contribution in [3.63, 3.8) is 0 Å². The zero-order chi connectivity index (χ0) is 12.3. The molecule has 1 fully saturated rings. The molecule has 2 rings (SSSR count). The lowest BCUT2D eigenvalue weighted by atomic mass is 9.81. The van der Waals surface area contributed by atoms with E-state index in [-0.39, 0.29) is 5.82 Å². The Morgan fingerprint density at radius 2 is 2.18 bits per heavy atom. The predicted molar refractivity (Wildman–Crippen MR) is 69.8 cm³/mol. The summed E-state index contributed by atoms with van der Waals surface area (Å²) < 4.78 is 13.8. The quantitative estimate of drug-likeness (QED) is 0.841. The molecule has 94 valence electrons. The molecule has 0 saturated heterocycles. The van der Waals surface area contributed by atoms with Gasteiger partial charge >= 0.3 is 0 Å². The zero-order valence-electron chi connectivity index (χ0n) is 10.8. The molecule has 1 saturated carbocycles. The maximum Gasteiger partial charge on any atom is 0.126 e. The SMILES string of the molecule is CCNC1CCCC(c2cc(C)ccc2F)C1. The molecule has 0 bridgehead atoms. The number of halogens is 1. The lowest BCUT2D eigenvalue weighted by Crippen LogP contribution is -2.33. The first-order chi connectivity index (χ1) is 8.20. The van der Waals surface area contributed by atoms with Crippen molar-refractivity contribution in [2.24, 2.45) is 0 Å². The van der Waals surface area contributed by atoms with Gasteiger partial charge in [0.15, 0.2) is 0 Å². The summed E-state index contributed by atoms with van der Waals surface area (Å²) in [4.78, 5) is 0. The summed E-state index contributed by atoms with van der Waals surface area (Å²) in [5.41, 5.74) is 2.08. The van der Waals surface area contributed by atoms with E-state index in [1.807, 2.05) is 19.1 Å². The number of hydrogen-bond acceptors (Lipinski definition) is 1. The van der Waals surface area contributed by atoms with Gasteiger partial charge in [-0.25, -0.2) is 4.39 Å². The molecular formula is C15H22FN. The smallest absolute Gasteiger partial charge is 0.126 e. The molecule has 0 heterocycles. The minimum atomic E-state index is -0.0299. The number of rotatable bonds is 3. The van der Waals surface area contributed by atoms with Crippen molar-refractivity contribution in [2.75, 3.05) is 6.54 Å². The van der Waals surface area contributed by atoms with Crippen molar-refractivity contribution >= 4 is 0 Å². The molecule has 17 heavy (non-hydrogen) atoms. The number of benzene rings is 1. The van der Waals surface area contributed by atoms with Crippen LogP contribution in [-0.2, 0) is 0 Å². The van der Waals surface area contributed by atoms with Crippen molar-refractivity contribution in [1.82, 2.24) is 5.32 Å². The Hall–Kier alpha value is -0.890. The Bertz CT molecular complexity index is 373. The first-order valence-electron chi connectivity index (χ1n) is 6.70. The van der Waals surface area contributed by atoms with E-state index in [0.29, 0.717) is 12.0 Å². The van der Waals surface area contributed by atoms with Gasteiger partial charge in [0.25, 0.3) is 0 Å². The summed E-state index contributed by atoms with van der Waals surface area (Å²) in [6, 6.07) is 6.05. The molecule has 0 aliphatic heterocycles. The van der Waals surface area contributed by atoms with Gasteiger partial charge in [0.2, 0.25) is 0 Å². The van der Waals surface area contributed by atoms with Gasteiger partial charge in [-0.1, -0.05) is 31.0 Å². The first kappa shape index (κ1) is 12.6. The maximum atomic E-state index is 13.8. The summed E-state index contributed by atoms with van der Waals surface area (Å²) in [5, 5.41) is 3.50. The van der Waals surface area contributed by atoms with E-state index in [9.17, 15) is 4.39 Å². The molecule has 1 nitrogen and oxygen atoms in total. The van der Waals surface area contributed by atoms with Gasteiger partial charge in [0, 0.05) is 6.04 Å². The molecule has 1 aliphatic rings. The Kier molecular flexibility index (Phi) is 4.16. The lowest BCUT2D eigenvalue weighted by Gasteiger charge is -2.30. The maximum absolute atomic E-state index is 13.8. The summed E-state index contributed by atoms with van der Waals surface area (Å²) in [6.45, 7) is 5.18. The van der Waals surface area contributed by atoms with Crippen molar-refractivity contribution in [1.29, 1.82) is 0 Å². The highest BCUT2D eigenvalue weighted by atomic mass is 19.1. The number of hydrogen-bond donors (Lipinski definition) is 1. The molecule has 1 N–H and O–H groups in total. The van der Waals surface area contributed by atoms with E-state index in [1.54, 1.807) is 6.07 Å². The fourth-order valence-corrected chi connectivity index (χ4v) is 2.92. The molecule has 2 heteroatoms. The van der Waals surface area contributed by atoms with Crippen LogP contribution in [0.25, 0.3) is 0 Å². The minimum absolute atomic E-state index is 0.0299. The molecular weight excluding hydrogens is 213 g/mol. The van der Waals surface area contributed by atoms with Crippen LogP contribution >= 0.6 is 0 Å². The van der Waals surface area contributed by atoms with Gasteiger partial charge in [0.1, 0.15) is 5.82 Å². The number of aryl methyl sites for hydroxylation is 1.